The molecule has 176 valence electrons. The molecule has 0 saturated heterocycles. The van der Waals surface area contributed by atoms with Crippen molar-refractivity contribution in [1.82, 2.24) is 5.32 Å². The number of nitrogens with one attached hydrogen (secondary N) is 1. The van der Waals surface area contributed by atoms with Crippen LogP contribution in [0.15, 0.2) is 36.4 Å². The van der Waals surface area contributed by atoms with Crippen LogP contribution in [0.2, 0.25) is 0 Å². The summed E-state index contributed by atoms with van der Waals surface area (Å²) in [4.78, 5) is 33.6. The number of carboxylic acids is 2. The third-order valence-corrected chi connectivity index (χ3v) is 5.42. The molecule has 0 bridgehead atoms. The van der Waals surface area contributed by atoms with E-state index in [-0.39, 0.29) is 25.4 Å². The summed E-state index contributed by atoms with van der Waals surface area (Å²) in [5.41, 5.74) is 4.58. The van der Waals surface area contributed by atoms with E-state index >= 15 is 0 Å². The maximum absolute atomic E-state index is 12.5. The fraction of sp³-hybridized carbons (Fsp3) is 0.375. The Kier molecular flexibility index (Phi) is 8.26. The first-order chi connectivity index (χ1) is 15.9. The van der Waals surface area contributed by atoms with Gasteiger partial charge in [0.25, 0.3) is 5.91 Å². The van der Waals surface area contributed by atoms with Crippen molar-refractivity contribution < 1.29 is 34.1 Å². The van der Waals surface area contributed by atoms with E-state index in [2.05, 4.69) is 17.4 Å². The van der Waals surface area contributed by atoms with Crippen molar-refractivity contribution in [3.63, 3.8) is 0 Å². The Morgan fingerprint density at radius 3 is 2.21 bits per heavy atom. The lowest BCUT2D eigenvalue weighted by Crippen LogP contribution is -2.38. The molecule has 0 unspecified atom stereocenters. The topological polar surface area (TPSA) is 125 Å². The fourth-order valence-electron chi connectivity index (χ4n) is 3.67. The Labute approximate surface area is 191 Å². The van der Waals surface area contributed by atoms with Crippen LogP contribution in [0.1, 0.15) is 29.5 Å². The van der Waals surface area contributed by atoms with E-state index in [1.165, 1.54) is 11.1 Å². The Morgan fingerprint density at radius 2 is 1.64 bits per heavy atom. The largest absolute Gasteiger partial charge is 0.497 e. The highest BCUT2D eigenvalue weighted by molar-refractivity contribution is 5.98. The van der Waals surface area contributed by atoms with Crippen molar-refractivity contribution in [1.29, 1.82) is 0 Å². The van der Waals surface area contributed by atoms with Gasteiger partial charge in [-0.1, -0.05) is 12.1 Å². The highest BCUT2D eigenvalue weighted by Crippen LogP contribution is 2.36. The van der Waals surface area contributed by atoms with Gasteiger partial charge >= 0.3 is 11.9 Å². The molecule has 2 heterocycles. The van der Waals surface area contributed by atoms with Crippen LogP contribution in [0.5, 0.6) is 11.5 Å². The van der Waals surface area contributed by atoms with Crippen LogP contribution in [0, 0.1) is 0 Å². The molecule has 0 saturated carbocycles. The van der Waals surface area contributed by atoms with Gasteiger partial charge in [0, 0.05) is 0 Å². The molecule has 0 radical (unpaired) electrons. The second-order valence-electron chi connectivity index (χ2n) is 7.74. The van der Waals surface area contributed by atoms with Gasteiger partial charge in [0.2, 0.25) is 0 Å². The average Bonchev–Trinajstić information content (AvgIpc) is 3.04. The maximum Gasteiger partial charge on any atom is 0.303 e. The van der Waals surface area contributed by atoms with Crippen LogP contribution in [0.25, 0.3) is 0 Å². The van der Waals surface area contributed by atoms with E-state index in [0.29, 0.717) is 6.54 Å². The fourth-order valence-corrected chi connectivity index (χ4v) is 3.67. The maximum atomic E-state index is 12.5. The van der Waals surface area contributed by atoms with Crippen LogP contribution in [0.3, 0.4) is 0 Å². The quantitative estimate of drug-likeness (QED) is 0.604. The highest BCUT2D eigenvalue weighted by atomic mass is 16.5. The molecule has 2 aromatic carbocycles. The first kappa shape index (κ1) is 24.1. The van der Waals surface area contributed by atoms with Crippen molar-refractivity contribution in [2.45, 2.75) is 32.2 Å². The molecule has 0 aliphatic carbocycles. The summed E-state index contributed by atoms with van der Waals surface area (Å²) in [7, 11) is 1.65. The summed E-state index contributed by atoms with van der Waals surface area (Å²) < 4.78 is 10.9. The van der Waals surface area contributed by atoms with E-state index in [0.717, 1.165) is 48.7 Å². The first-order valence-electron chi connectivity index (χ1n) is 10.7. The molecule has 4 rings (SSSR count). The van der Waals surface area contributed by atoms with Gasteiger partial charge in [0.05, 0.1) is 32.2 Å². The molecular weight excluding hydrogens is 428 g/mol. The number of carbonyl (C=O) groups is 3. The number of carbonyl (C=O) groups excluding carboxylic acids is 1. The molecule has 33 heavy (non-hydrogen) atoms. The van der Waals surface area contributed by atoms with Gasteiger partial charge in [-0.15, -0.1) is 0 Å². The van der Waals surface area contributed by atoms with Crippen LogP contribution < -0.4 is 19.7 Å². The average molecular weight is 456 g/mol. The number of aliphatic carboxylic acids is 2. The number of methoxy groups -OCH3 is 1. The number of benzene rings is 2. The minimum atomic E-state index is -1.08. The first-order valence-corrected chi connectivity index (χ1v) is 10.7. The summed E-state index contributed by atoms with van der Waals surface area (Å²) in [6.07, 6.45) is 1.39. The van der Waals surface area contributed by atoms with Crippen molar-refractivity contribution in [3.05, 3.63) is 53.1 Å². The third-order valence-electron chi connectivity index (χ3n) is 5.42. The number of hydrogen-bond donors (Lipinski definition) is 3. The third kappa shape index (κ3) is 6.69. The molecule has 3 N–H and O–H groups in total. The second-order valence-corrected chi connectivity index (χ2v) is 7.74. The molecule has 9 heteroatoms. The molecule has 0 aromatic heterocycles. The number of ether oxygens (including phenoxy) is 2. The zero-order chi connectivity index (χ0) is 23.8. The van der Waals surface area contributed by atoms with E-state index in [4.69, 9.17) is 19.7 Å². The molecule has 2 aliphatic rings. The normalized spacial score (nSPS) is 14.6. The number of anilines is 1. The molecule has 1 amide bonds. The SMILES string of the molecule is COc1ccc(CN2C(=O)COc3cc4c(cc32)CCNCC4)cc1.O=C(O)CCC(=O)O. The lowest BCUT2D eigenvalue weighted by atomic mass is 10.00. The van der Waals surface area contributed by atoms with Gasteiger partial charge in [0.1, 0.15) is 11.5 Å². The van der Waals surface area contributed by atoms with Crippen LogP contribution >= 0.6 is 0 Å². The van der Waals surface area contributed by atoms with Gasteiger partial charge in [-0.25, -0.2) is 0 Å². The molecule has 2 aromatic rings. The van der Waals surface area contributed by atoms with Crippen LogP contribution in [0.4, 0.5) is 5.69 Å². The van der Waals surface area contributed by atoms with Crippen LogP contribution in [-0.4, -0.2) is 54.9 Å². The minimum absolute atomic E-state index is 0.00462. The summed E-state index contributed by atoms with van der Waals surface area (Å²) in [5.74, 6) is -0.529. The van der Waals surface area contributed by atoms with Gasteiger partial charge in [-0.2, -0.15) is 0 Å². The zero-order valence-corrected chi connectivity index (χ0v) is 18.5. The number of amides is 1. The molecular formula is C24H28N2O7. The summed E-state index contributed by atoms with van der Waals surface area (Å²) in [6.45, 7) is 2.59. The molecule has 0 spiro atoms. The number of nitrogens with zero attached hydrogens (tertiary/aromatic N) is 1. The standard InChI is InChI=1S/C20H22N2O3.C4H6O4/c1-24-17-4-2-14(3-5-17)12-22-18-10-15-6-8-21-9-7-16(15)11-19(18)25-13-20(22)23;5-3(6)1-2-4(7)8/h2-5,10-11,21H,6-9,12-13H2,1H3;1-2H2,(H,5,6)(H,7,8). The number of rotatable bonds is 6. The second kappa shape index (κ2) is 11.3. The predicted octanol–water partition coefficient (Wildman–Crippen LogP) is 2.24. The molecule has 0 fully saturated rings. The highest BCUT2D eigenvalue weighted by Gasteiger charge is 2.27. The van der Waals surface area contributed by atoms with E-state index in [9.17, 15) is 14.4 Å². The van der Waals surface area contributed by atoms with Crippen molar-refractivity contribution in [3.8, 4) is 11.5 Å². The monoisotopic (exact) mass is 456 g/mol. The summed E-state index contributed by atoms with van der Waals surface area (Å²) in [6, 6.07) is 12.1. The molecule has 2 aliphatic heterocycles. The Hall–Kier alpha value is -3.59. The van der Waals surface area contributed by atoms with Gasteiger partial charge in [-0.05, 0) is 66.9 Å². The Morgan fingerprint density at radius 1 is 1.03 bits per heavy atom. The van der Waals surface area contributed by atoms with Gasteiger partial charge in [0.15, 0.2) is 6.61 Å². The molecule has 0 atom stereocenters. The van der Waals surface area contributed by atoms with E-state index in [1.807, 2.05) is 29.2 Å². The van der Waals surface area contributed by atoms with Gasteiger partial charge in [-0.3, -0.25) is 14.4 Å². The van der Waals surface area contributed by atoms with E-state index in [1.54, 1.807) is 7.11 Å². The van der Waals surface area contributed by atoms with Gasteiger partial charge < -0.3 is 29.9 Å². The predicted molar refractivity (Wildman–Crippen MR) is 121 cm³/mol. The number of hydrogen-bond acceptors (Lipinski definition) is 6. The smallest absolute Gasteiger partial charge is 0.303 e. The van der Waals surface area contributed by atoms with Crippen LogP contribution in [-0.2, 0) is 33.8 Å². The number of carboxylic acid groups (broad SMARTS) is 2. The van der Waals surface area contributed by atoms with Crippen molar-refractivity contribution >= 4 is 23.5 Å². The minimum Gasteiger partial charge on any atom is -0.497 e. The Bertz CT molecular complexity index is 991. The summed E-state index contributed by atoms with van der Waals surface area (Å²) in [5, 5.41) is 19.2. The number of fused-ring (bicyclic) bond motifs is 2. The lowest BCUT2D eigenvalue weighted by molar-refractivity contribution is -0.143. The van der Waals surface area contributed by atoms with Crippen molar-refractivity contribution in [2.75, 3.05) is 31.7 Å². The van der Waals surface area contributed by atoms with E-state index < -0.39 is 11.9 Å². The summed E-state index contributed by atoms with van der Waals surface area (Å²) >= 11 is 0. The lowest BCUT2D eigenvalue weighted by Gasteiger charge is -2.30. The Balaban J connectivity index is 0.000000331. The molecule has 9 nitrogen and oxygen atoms in total. The zero-order valence-electron chi connectivity index (χ0n) is 18.5. The van der Waals surface area contributed by atoms with Crippen molar-refractivity contribution in [2.24, 2.45) is 0 Å².